The van der Waals surface area contributed by atoms with Crippen molar-refractivity contribution in [2.24, 2.45) is 0 Å². The monoisotopic (exact) mass is 1070 g/mol. The smallest absolute Gasteiger partial charge is 0.306 e. The lowest BCUT2D eigenvalue weighted by Gasteiger charge is -2.18. The molecule has 6 heteroatoms. The third-order valence-electron chi connectivity index (χ3n) is 12.8. The molecule has 0 rings (SSSR count). The molecule has 1 atom stereocenters. The molecule has 0 aromatic carbocycles. The molecule has 0 aromatic rings. The highest BCUT2D eigenvalue weighted by Crippen LogP contribution is 2.14. The van der Waals surface area contributed by atoms with Gasteiger partial charge in [-0.3, -0.25) is 14.4 Å². The molecule has 0 bridgehead atoms. The summed E-state index contributed by atoms with van der Waals surface area (Å²) in [5.41, 5.74) is 0. The summed E-state index contributed by atoms with van der Waals surface area (Å²) in [6, 6.07) is 0. The number of ether oxygens (including phenoxy) is 3. The van der Waals surface area contributed by atoms with E-state index in [9.17, 15) is 14.4 Å². The van der Waals surface area contributed by atoms with E-state index >= 15 is 0 Å². The van der Waals surface area contributed by atoms with E-state index in [-0.39, 0.29) is 37.5 Å². The average molecular weight is 1080 g/mol. The van der Waals surface area contributed by atoms with Crippen LogP contribution in [-0.4, -0.2) is 37.2 Å². The second-order valence-electron chi connectivity index (χ2n) is 20.2. The van der Waals surface area contributed by atoms with Crippen molar-refractivity contribution in [1.82, 2.24) is 0 Å². The van der Waals surface area contributed by atoms with E-state index < -0.39 is 6.10 Å². The fraction of sp³-hybridized carbons (Fsp3) is 0.597. The molecule has 1 unspecified atom stereocenters. The number of unbranched alkanes of at least 4 members (excludes halogenated alkanes) is 18. The van der Waals surface area contributed by atoms with Crippen molar-refractivity contribution in [3.8, 4) is 0 Å². The van der Waals surface area contributed by atoms with Gasteiger partial charge in [0, 0.05) is 19.3 Å². The van der Waals surface area contributed by atoms with E-state index in [1.165, 1.54) is 57.8 Å². The van der Waals surface area contributed by atoms with Crippen molar-refractivity contribution in [3.05, 3.63) is 158 Å². The van der Waals surface area contributed by atoms with Gasteiger partial charge in [0.05, 0.1) is 0 Å². The lowest BCUT2D eigenvalue weighted by molar-refractivity contribution is -0.167. The number of rotatable bonds is 55. The minimum absolute atomic E-state index is 0.104. The summed E-state index contributed by atoms with van der Waals surface area (Å²) in [6.45, 7) is 6.35. The highest BCUT2D eigenvalue weighted by molar-refractivity contribution is 5.71. The highest BCUT2D eigenvalue weighted by Gasteiger charge is 2.19. The zero-order valence-corrected chi connectivity index (χ0v) is 50.1. The summed E-state index contributed by atoms with van der Waals surface area (Å²) >= 11 is 0. The van der Waals surface area contributed by atoms with Crippen LogP contribution in [0.1, 0.15) is 258 Å². The van der Waals surface area contributed by atoms with Gasteiger partial charge in [-0.1, -0.05) is 269 Å². The third-order valence-corrected chi connectivity index (χ3v) is 12.8. The standard InChI is InChI=1S/C72H114O6/c1-4-7-10-13-16-19-22-25-27-29-31-32-33-34-35-36-37-38-39-40-42-43-45-47-50-53-56-59-62-65-71(74)77-68-69(67-76-70(73)64-61-58-55-52-49-24-21-18-15-12-9-6-3)78-72(75)66-63-60-57-54-51-48-46-44-41-30-28-26-23-20-17-14-11-8-5-2/h7-8,10-11,16-17,19-20,25-28,31-32,34-35,37-38,40-42,44-45,47-48,51,69H,4-6,9,12-15,18,21-24,29-30,33,36,39,43,46,49-50,52-68H2,1-3H3/b10-7-,11-8-,19-16-,20-17-,27-25-,28-26-,32-31-,35-34-,38-37-,42-40-,44-41-,47-45-,51-48-. The van der Waals surface area contributed by atoms with E-state index in [0.29, 0.717) is 19.3 Å². The van der Waals surface area contributed by atoms with Crippen LogP contribution in [-0.2, 0) is 28.6 Å². The van der Waals surface area contributed by atoms with E-state index in [0.717, 1.165) is 154 Å². The predicted molar refractivity (Wildman–Crippen MR) is 338 cm³/mol. The van der Waals surface area contributed by atoms with Gasteiger partial charge in [0.25, 0.3) is 0 Å². The average Bonchev–Trinajstić information content (AvgIpc) is 3.44. The molecule has 438 valence electrons. The van der Waals surface area contributed by atoms with Gasteiger partial charge in [0.1, 0.15) is 13.2 Å². The molecule has 0 amide bonds. The lowest BCUT2D eigenvalue weighted by Crippen LogP contribution is -2.30. The maximum absolute atomic E-state index is 12.9. The molecule has 0 N–H and O–H groups in total. The van der Waals surface area contributed by atoms with Crippen LogP contribution in [0.2, 0.25) is 0 Å². The fourth-order valence-electron chi connectivity index (χ4n) is 8.13. The molecule has 78 heavy (non-hydrogen) atoms. The van der Waals surface area contributed by atoms with Gasteiger partial charge in [-0.05, 0) is 128 Å². The van der Waals surface area contributed by atoms with Crippen molar-refractivity contribution in [2.45, 2.75) is 264 Å². The molecule has 0 saturated carbocycles. The number of hydrogen-bond acceptors (Lipinski definition) is 6. The zero-order valence-electron chi connectivity index (χ0n) is 50.1. The number of hydrogen-bond donors (Lipinski definition) is 0. The summed E-state index contributed by atoms with van der Waals surface area (Å²) in [6.07, 6.45) is 93.8. The van der Waals surface area contributed by atoms with Crippen molar-refractivity contribution >= 4 is 17.9 Å². The van der Waals surface area contributed by atoms with Gasteiger partial charge < -0.3 is 14.2 Å². The SMILES string of the molecule is CC/C=C\C/C=C\C/C=C\C/C=C\C/C=C\C/C=C\C/C=C\C/C=C\CCCCCCC(=O)OCC(COC(=O)CCCCCCCCCCCCCC)OC(=O)CCCCC/C=C\C/C=C\C/C=C\C/C=C\C/C=C\CC. The number of carbonyl (C=O) groups is 3. The minimum Gasteiger partial charge on any atom is -0.462 e. The first-order valence-electron chi connectivity index (χ1n) is 31.5. The summed E-state index contributed by atoms with van der Waals surface area (Å²) in [7, 11) is 0. The summed E-state index contributed by atoms with van der Waals surface area (Å²) < 4.78 is 16.8. The number of allylic oxidation sites excluding steroid dienone is 26. The Kier molecular flexibility index (Phi) is 60.4. The van der Waals surface area contributed by atoms with Crippen LogP contribution in [0.25, 0.3) is 0 Å². The Bertz CT molecular complexity index is 1760. The maximum Gasteiger partial charge on any atom is 0.306 e. The first-order valence-corrected chi connectivity index (χ1v) is 31.5. The molecular weight excluding hydrogens is 961 g/mol. The predicted octanol–water partition coefficient (Wildman–Crippen LogP) is 21.7. The Morgan fingerprint density at radius 3 is 0.795 bits per heavy atom. The van der Waals surface area contributed by atoms with Gasteiger partial charge >= 0.3 is 17.9 Å². The van der Waals surface area contributed by atoms with E-state index in [1.807, 2.05) is 0 Å². The van der Waals surface area contributed by atoms with Crippen LogP contribution in [0, 0.1) is 0 Å². The molecule has 0 aliphatic heterocycles. The van der Waals surface area contributed by atoms with E-state index in [2.05, 4.69) is 179 Å². The van der Waals surface area contributed by atoms with Crippen molar-refractivity contribution in [3.63, 3.8) is 0 Å². The fourth-order valence-corrected chi connectivity index (χ4v) is 8.13. The summed E-state index contributed by atoms with van der Waals surface area (Å²) in [5, 5.41) is 0. The molecule has 0 radical (unpaired) electrons. The molecule has 0 aromatic heterocycles. The number of esters is 3. The quantitative estimate of drug-likeness (QED) is 0.0261. The molecule has 0 heterocycles. The minimum atomic E-state index is -0.813. The zero-order chi connectivity index (χ0) is 56.4. The van der Waals surface area contributed by atoms with Crippen LogP contribution >= 0.6 is 0 Å². The number of carbonyl (C=O) groups excluding carboxylic acids is 3. The Morgan fingerprint density at radius 2 is 0.500 bits per heavy atom. The first kappa shape index (κ1) is 73.0. The van der Waals surface area contributed by atoms with Crippen molar-refractivity contribution < 1.29 is 28.6 Å². The third kappa shape index (κ3) is 61.9. The molecule has 0 fully saturated rings. The van der Waals surface area contributed by atoms with Crippen LogP contribution in [0.5, 0.6) is 0 Å². The van der Waals surface area contributed by atoms with Gasteiger partial charge in [-0.2, -0.15) is 0 Å². The Balaban J connectivity index is 4.44. The van der Waals surface area contributed by atoms with Crippen LogP contribution in [0.4, 0.5) is 0 Å². The normalized spacial score (nSPS) is 13.2. The van der Waals surface area contributed by atoms with Gasteiger partial charge in [0.15, 0.2) is 6.10 Å². The van der Waals surface area contributed by atoms with Crippen LogP contribution in [0.3, 0.4) is 0 Å². The summed E-state index contributed by atoms with van der Waals surface area (Å²) in [5.74, 6) is -0.966. The second-order valence-corrected chi connectivity index (χ2v) is 20.2. The van der Waals surface area contributed by atoms with E-state index in [1.54, 1.807) is 0 Å². The largest absolute Gasteiger partial charge is 0.462 e. The molecular formula is C72H114O6. The Morgan fingerprint density at radius 1 is 0.269 bits per heavy atom. The molecule has 6 nitrogen and oxygen atoms in total. The molecule has 0 aliphatic carbocycles. The van der Waals surface area contributed by atoms with Gasteiger partial charge in [-0.25, -0.2) is 0 Å². The molecule has 0 aliphatic rings. The maximum atomic E-state index is 12.9. The van der Waals surface area contributed by atoms with Crippen LogP contribution in [0.15, 0.2) is 158 Å². The Hall–Kier alpha value is -4.97. The second kappa shape index (κ2) is 64.6. The van der Waals surface area contributed by atoms with Gasteiger partial charge in [-0.15, -0.1) is 0 Å². The lowest BCUT2D eigenvalue weighted by atomic mass is 10.0. The first-order chi connectivity index (χ1) is 38.5. The highest BCUT2D eigenvalue weighted by atomic mass is 16.6. The Labute approximate surface area is 480 Å². The summed E-state index contributed by atoms with van der Waals surface area (Å²) in [4.78, 5) is 38.2. The van der Waals surface area contributed by atoms with Crippen molar-refractivity contribution in [2.75, 3.05) is 13.2 Å². The van der Waals surface area contributed by atoms with Crippen molar-refractivity contribution in [1.29, 1.82) is 0 Å². The topological polar surface area (TPSA) is 78.9 Å². The van der Waals surface area contributed by atoms with E-state index in [4.69, 9.17) is 14.2 Å². The van der Waals surface area contributed by atoms with Crippen LogP contribution < -0.4 is 0 Å². The molecule has 0 saturated heterocycles. The molecule has 0 spiro atoms. The van der Waals surface area contributed by atoms with Gasteiger partial charge in [0.2, 0.25) is 0 Å².